The van der Waals surface area contributed by atoms with Gasteiger partial charge >= 0.3 is 0 Å². The van der Waals surface area contributed by atoms with E-state index in [1.807, 2.05) is 6.20 Å². The van der Waals surface area contributed by atoms with E-state index < -0.39 is 0 Å². The van der Waals surface area contributed by atoms with Crippen LogP contribution in [-0.2, 0) is 5.41 Å². The molecule has 1 heterocycles. The summed E-state index contributed by atoms with van der Waals surface area (Å²) in [6.45, 7) is 11.2. The Labute approximate surface area is 145 Å². The van der Waals surface area contributed by atoms with Gasteiger partial charge in [0.15, 0.2) is 0 Å². The van der Waals surface area contributed by atoms with Crippen molar-refractivity contribution in [2.45, 2.75) is 52.9 Å². The van der Waals surface area contributed by atoms with Crippen molar-refractivity contribution in [3.05, 3.63) is 65.4 Å². The lowest BCUT2D eigenvalue weighted by Gasteiger charge is -2.27. The van der Waals surface area contributed by atoms with Crippen molar-refractivity contribution in [2.24, 2.45) is 0 Å². The van der Waals surface area contributed by atoms with Gasteiger partial charge in [0.1, 0.15) is 0 Å². The Hall–Kier alpha value is -2.15. The summed E-state index contributed by atoms with van der Waals surface area (Å²) in [4.78, 5) is 4.69. The zero-order valence-electron chi connectivity index (χ0n) is 15.5. The van der Waals surface area contributed by atoms with Crippen molar-refractivity contribution in [3.8, 4) is 11.3 Å². The minimum absolute atomic E-state index is 0.248. The molecule has 2 aromatic carbocycles. The molecule has 0 N–H and O–H groups in total. The van der Waals surface area contributed by atoms with Gasteiger partial charge in [-0.05, 0) is 61.3 Å². The van der Waals surface area contributed by atoms with Gasteiger partial charge in [0, 0.05) is 17.1 Å². The van der Waals surface area contributed by atoms with Gasteiger partial charge in [0.05, 0.1) is 5.69 Å². The van der Waals surface area contributed by atoms with Crippen LogP contribution < -0.4 is 0 Å². The van der Waals surface area contributed by atoms with E-state index in [-0.39, 0.29) is 5.41 Å². The highest BCUT2D eigenvalue weighted by atomic mass is 14.7. The highest BCUT2D eigenvalue weighted by Gasteiger charge is 2.22. The maximum absolute atomic E-state index is 4.69. The Morgan fingerprint density at radius 2 is 1.54 bits per heavy atom. The average Bonchev–Trinajstić information content (AvgIpc) is 2.59. The maximum atomic E-state index is 4.69. The van der Waals surface area contributed by atoms with Crippen molar-refractivity contribution in [1.82, 2.24) is 4.98 Å². The SMILES string of the molecule is CCC(C)(CC)c1ccc2c(-c3cc(C)cc(C)c3)nccc2c1. The summed E-state index contributed by atoms with van der Waals surface area (Å²) in [7, 11) is 0. The maximum Gasteiger partial charge on any atom is 0.0780 e. The van der Waals surface area contributed by atoms with Gasteiger partial charge in [-0.15, -0.1) is 0 Å². The third-order valence-electron chi connectivity index (χ3n) is 5.52. The summed E-state index contributed by atoms with van der Waals surface area (Å²) in [5.41, 5.74) is 6.53. The lowest BCUT2D eigenvalue weighted by atomic mass is 9.77. The molecule has 0 aliphatic carbocycles. The Bertz CT molecular complexity index is 852. The standard InChI is InChI=1S/C23H27N/c1-6-23(5,7-2)20-8-9-21-18(15-20)10-11-24-22(21)19-13-16(3)12-17(4)14-19/h8-15H,6-7H2,1-5H3. The van der Waals surface area contributed by atoms with Gasteiger partial charge in [-0.1, -0.05) is 56.2 Å². The molecule has 24 heavy (non-hydrogen) atoms. The van der Waals surface area contributed by atoms with E-state index >= 15 is 0 Å². The monoisotopic (exact) mass is 317 g/mol. The van der Waals surface area contributed by atoms with Crippen LogP contribution in [0.3, 0.4) is 0 Å². The van der Waals surface area contributed by atoms with Gasteiger partial charge in [-0.25, -0.2) is 0 Å². The highest BCUT2D eigenvalue weighted by Crippen LogP contribution is 2.35. The average molecular weight is 317 g/mol. The number of nitrogens with zero attached hydrogens (tertiary/aromatic N) is 1. The molecule has 3 rings (SSSR count). The molecule has 0 radical (unpaired) electrons. The lowest BCUT2D eigenvalue weighted by molar-refractivity contribution is 0.439. The van der Waals surface area contributed by atoms with Crippen LogP contribution in [0.1, 0.15) is 50.3 Å². The third-order valence-corrected chi connectivity index (χ3v) is 5.52. The van der Waals surface area contributed by atoms with E-state index in [9.17, 15) is 0 Å². The van der Waals surface area contributed by atoms with Crippen molar-refractivity contribution in [2.75, 3.05) is 0 Å². The van der Waals surface area contributed by atoms with E-state index in [2.05, 4.69) is 77.1 Å². The molecule has 0 bridgehead atoms. The Morgan fingerprint density at radius 1 is 0.875 bits per heavy atom. The quantitative estimate of drug-likeness (QED) is 0.528. The summed E-state index contributed by atoms with van der Waals surface area (Å²) in [5.74, 6) is 0. The smallest absolute Gasteiger partial charge is 0.0780 e. The van der Waals surface area contributed by atoms with E-state index in [0.29, 0.717) is 0 Å². The zero-order chi connectivity index (χ0) is 17.3. The van der Waals surface area contributed by atoms with Crippen LogP contribution in [0, 0.1) is 13.8 Å². The molecule has 0 aliphatic rings. The molecule has 1 nitrogen and oxygen atoms in total. The first-order valence-corrected chi connectivity index (χ1v) is 8.95. The summed E-state index contributed by atoms with van der Waals surface area (Å²) in [6, 6.07) is 15.7. The van der Waals surface area contributed by atoms with Gasteiger partial charge in [-0.3, -0.25) is 4.98 Å². The minimum atomic E-state index is 0.248. The summed E-state index contributed by atoms with van der Waals surface area (Å²) in [5, 5.41) is 2.52. The van der Waals surface area contributed by atoms with Crippen LogP contribution in [0.2, 0.25) is 0 Å². The number of aryl methyl sites for hydroxylation is 2. The first-order valence-electron chi connectivity index (χ1n) is 8.95. The molecule has 1 aromatic heterocycles. The fourth-order valence-electron chi connectivity index (χ4n) is 3.55. The van der Waals surface area contributed by atoms with E-state index in [1.165, 1.54) is 33.0 Å². The first kappa shape index (κ1) is 16.7. The molecule has 124 valence electrons. The van der Waals surface area contributed by atoms with Gasteiger partial charge in [0.25, 0.3) is 0 Å². The molecule has 0 spiro atoms. The van der Waals surface area contributed by atoms with E-state index in [0.717, 1.165) is 18.5 Å². The number of rotatable bonds is 4. The topological polar surface area (TPSA) is 12.9 Å². The molecule has 0 fully saturated rings. The van der Waals surface area contributed by atoms with Crippen molar-refractivity contribution < 1.29 is 0 Å². The van der Waals surface area contributed by atoms with Crippen LogP contribution in [0.5, 0.6) is 0 Å². The number of aromatic nitrogens is 1. The van der Waals surface area contributed by atoms with Gasteiger partial charge in [0.2, 0.25) is 0 Å². The number of hydrogen-bond donors (Lipinski definition) is 0. The van der Waals surface area contributed by atoms with Crippen LogP contribution in [-0.4, -0.2) is 4.98 Å². The van der Waals surface area contributed by atoms with Crippen LogP contribution in [0.4, 0.5) is 0 Å². The van der Waals surface area contributed by atoms with Crippen molar-refractivity contribution in [1.29, 1.82) is 0 Å². The zero-order valence-corrected chi connectivity index (χ0v) is 15.5. The normalized spacial score (nSPS) is 11.9. The lowest BCUT2D eigenvalue weighted by Crippen LogP contribution is -2.19. The molecule has 0 amide bonds. The predicted octanol–water partition coefficient (Wildman–Crippen LogP) is 6.60. The number of hydrogen-bond acceptors (Lipinski definition) is 1. The number of benzene rings is 2. The number of pyridine rings is 1. The molecule has 0 saturated carbocycles. The van der Waals surface area contributed by atoms with E-state index in [1.54, 1.807) is 0 Å². The molecular weight excluding hydrogens is 290 g/mol. The largest absolute Gasteiger partial charge is 0.256 e. The molecule has 0 saturated heterocycles. The second kappa shape index (κ2) is 6.39. The summed E-state index contributed by atoms with van der Waals surface area (Å²) in [6.07, 6.45) is 4.25. The van der Waals surface area contributed by atoms with Crippen LogP contribution >= 0.6 is 0 Å². The molecular formula is C23H27N. The summed E-state index contributed by atoms with van der Waals surface area (Å²) >= 11 is 0. The molecule has 1 heteroatoms. The van der Waals surface area contributed by atoms with Gasteiger partial charge in [-0.2, -0.15) is 0 Å². The third kappa shape index (κ3) is 2.96. The Morgan fingerprint density at radius 3 is 2.17 bits per heavy atom. The van der Waals surface area contributed by atoms with Gasteiger partial charge < -0.3 is 0 Å². The van der Waals surface area contributed by atoms with Crippen LogP contribution in [0.25, 0.3) is 22.0 Å². The molecule has 0 atom stereocenters. The fraction of sp³-hybridized carbons (Fsp3) is 0.348. The molecule has 0 unspecified atom stereocenters. The molecule has 3 aromatic rings. The fourth-order valence-corrected chi connectivity index (χ4v) is 3.55. The Kier molecular flexibility index (Phi) is 4.45. The first-order chi connectivity index (χ1) is 11.5. The molecule has 0 aliphatic heterocycles. The van der Waals surface area contributed by atoms with Crippen LogP contribution in [0.15, 0.2) is 48.7 Å². The number of fused-ring (bicyclic) bond motifs is 1. The van der Waals surface area contributed by atoms with E-state index in [4.69, 9.17) is 4.98 Å². The van der Waals surface area contributed by atoms with Crippen molar-refractivity contribution in [3.63, 3.8) is 0 Å². The second-order valence-electron chi connectivity index (χ2n) is 7.24. The minimum Gasteiger partial charge on any atom is -0.256 e. The highest BCUT2D eigenvalue weighted by molar-refractivity contribution is 5.95. The van der Waals surface area contributed by atoms with Crippen molar-refractivity contribution >= 4 is 10.8 Å². The Balaban J connectivity index is 2.18. The second-order valence-corrected chi connectivity index (χ2v) is 7.24. The summed E-state index contributed by atoms with van der Waals surface area (Å²) < 4.78 is 0. The predicted molar refractivity (Wildman–Crippen MR) is 105 cm³/mol.